The molecule has 0 amide bonds. The molecule has 2 N–H and O–H groups in total. The summed E-state index contributed by atoms with van der Waals surface area (Å²) in [6.45, 7) is 7.76. The van der Waals surface area contributed by atoms with E-state index in [4.69, 9.17) is 15.0 Å². The first-order chi connectivity index (χ1) is 8.66. The molecule has 0 aromatic heterocycles. The fourth-order valence-electron chi connectivity index (χ4n) is 2.00. The Morgan fingerprint density at radius 3 is 2.21 bits per heavy atom. The minimum Gasteiger partial charge on any atom is -0.402 e. The third-order valence-electron chi connectivity index (χ3n) is 3.90. The van der Waals surface area contributed by atoms with E-state index in [9.17, 15) is 4.39 Å². The highest BCUT2D eigenvalue weighted by atomic mass is 79.9. The third kappa shape index (κ3) is 2.59. The zero-order valence-electron chi connectivity index (χ0n) is 11.5. The normalized spacial score (nSPS) is 22.6. The lowest BCUT2D eigenvalue weighted by atomic mass is 9.74. The molecule has 19 heavy (non-hydrogen) atoms. The summed E-state index contributed by atoms with van der Waals surface area (Å²) in [7, 11) is -0.668. The predicted molar refractivity (Wildman–Crippen MR) is 77.1 cm³/mol. The molecule has 1 aromatic rings. The van der Waals surface area contributed by atoms with Crippen LogP contribution in [-0.2, 0) is 9.31 Å². The van der Waals surface area contributed by atoms with Crippen LogP contribution in [0.1, 0.15) is 39.2 Å². The van der Waals surface area contributed by atoms with Gasteiger partial charge >= 0.3 is 7.12 Å². The van der Waals surface area contributed by atoms with Crippen LogP contribution in [0.25, 0.3) is 0 Å². The third-order valence-corrected chi connectivity index (χ3v) is 4.59. The van der Waals surface area contributed by atoms with E-state index in [0.29, 0.717) is 10.0 Å². The lowest BCUT2D eigenvalue weighted by Crippen LogP contribution is -2.41. The summed E-state index contributed by atoms with van der Waals surface area (Å²) in [6.07, 6.45) is 0. The first-order valence-electron chi connectivity index (χ1n) is 6.21. The van der Waals surface area contributed by atoms with E-state index in [2.05, 4.69) is 15.9 Å². The maximum atomic E-state index is 13.9. The quantitative estimate of drug-likeness (QED) is 0.847. The molecule has 2 rings (SSSR count). The molecule has 1 aromatic carbocycles. The van der Waals surface area contributed by atoms with Crippen LogP contribution in [0.2, 0.25) is 0 Å². The van der Waals surface area contributed by atoms with Gasteiger partial charge in [0.25, 0.3) is 0 Å². The van der Waals surface area contributed by atoms with Crippen molar-refractivity contribution in [2.24, 2.45) is 5.73 Å². The van der Waals surface area contributed by atoms with Gasteiger partial charge in [0.1, 0.15) is 5.82 Å². The van der Waals surface area contributed by atoms with Gasteiger partial charge in [-0.3, -0.25) is 0 Å². The highest BCUT2D eigenvalue weighted by Crippen LogP contribution is 2.40. The molecule has 1 atom stereocenters. The lowest BCUT2D eigenvalue weighted by molar-refractivity contribution is 0.00578. The molecule has 1 heterocycles. The summed E-state index contributed by atoms with van der Waals surface area (Å²) in [6, 6.07) is 4.76. The molecule has 0 aliphatic carbocycles. The highest BCUT2D eigenvalue weighted by molar-refractivity contribution is 9.10. The molecule has 0 saturated carbocycles. The van der Waals surface area contributed by atoms with Gasteiger partial charge in [0.05, 0.1) is 17.1 Å². The SMILES string of the molecule is CC1(C)OB(C(N)c2c(F)cccc2Br)OC1(C)C. The molecule has 0 radical (unpaired) electrons. The van der Waals surface area contributed by atoms with E-state index in [1.54, 1.807) is 12.1 Å². The Morgan fingerprint density at radius 2 is 1.74 bits per heavy atom. The van der Waals surface area contributed by atoms with E-state index in [-0.39, 0.29) is 5.82 Å². The molecule has 1 fully saturated rings. The number of hydrogen-bond acceptors (Lipinski definition) is 3. The van der Waals surface area contributed by atoms with Crippen molar-refractivity contribution in [1.29, 1.82) is 0 Å². The largest absolute Gasteiger partial charge is 0.480 e. The Labute approximate surface area is 121 Å². The second-order valence-corrected chi connectivity index (χ2v) is 6.64. The second kappa shape index (κ2) is 4.84. The topological polar surface area (TPSA) is 44.5 Å². The van der Waals surface area contributed by atoms with Crippen LogP contribution in [0.15, 0.2) is 22.7 Å². The molecular weight excluding hydrogens is 312 g/mol. The molecule has 1 saturated heterocycles. The summed E-state index contributed by atoms with van der Waals surface area (Å²) in [5.41, 5.74) is 5.54. The molecule has 0 bridgehead atoms. The van der Waals surface area contributed by atoms with Crippen LogP contribution >= 0.6 is 15.9 Å². The molecule has 1 unspecified atom stereocenters. The van der Waals surface area contributed by atoms with Crippen LogP contribution < -0.4 is 5.73 Å². The Balaban J connectivity index is 2.30. The minimum atomic E-state index is -0.684. The average molecular weight is 330 g/mol. The fraction of sp³-hybridized carbons (Fsp3) is 0.538. The second-order valence-electron chi connectivity index (χ2n) is 5.79. The Bertz CT molecular complexity index is 459. The van der Waals surface area contributed by atoms with Crippen molar-refractivity contribution in [3.63, 3.8) is 0 Å². The van der Waals surface area contributed by atoms with E-state index >= 15 is 0 Å². The standard InChI is InChI=1S/C13H18BBrFNO2/c1-12(2)13(3,4)19-14(18-12)11(17)10-8(15)6-5-7-9(10)16/h5-7,11H,17H2,1-4H3. The van der Waals surface area contributed by atoms with Crippen LogP contribution in [0.4, 0.5) is 4.39 Å². The summed E-state index contributed by atoms with van der Waals surface area (Å²) in [4.78, 5) is 0. The number of hydrogen-bond donors (Lipinski definition) is 1. The van der Waals surface area contributed by atoms with Gasteiger partial charge < -0.3 is 15.0 Å². The number of benzene rings is 1. The summed E-state index contributed by atoms with van der Waals surface area (Å²) in [5.74, 6) is -1.05. The Kier molecular flexibility index (Phi) is 3.82. The van der Waals surface area contributed by atoms with Gasteiger partial charge in [-0.1, -0.05) is 22.0 Å². The van der Waals surface area contributed by atoms with Gasteiger partial charge in [0.15, 0.2) is 0 Å². The van der Waals surface area contributed by atoms with Gasteiger partial charge in [-0.25, -0.2) is 4.39 Å². The average Bonchev–Trinajstić information content (AvgIpc) is 2.47. The molecular formula is C13H18BBrFNO2. The van der Waals surface area contributed by atoms with E-state index in [0.717, 1.165) is 0 Å². The van der Waals surface area contributed by atoms with Crippen molar-refractivity contribution < 1.29 is 13.7 Å². The van der Waals surface area contributed by atoms with Crippen molar-refractivity contribution in [3.05, 3.63) is 34.1 Å². The molecule has 1 aliphatic heterocycles. The maximum absolute atomic E-state index is 13.9. The van der Waals surface area contributed by atoms with Crippen molar-refractivity contribution in [3.8, 4) is 0 Å². The monoisotopic (exact) mass is 329 g/mol. The lowest BCUT2D eigenvalue weighted by Gasteiger charge is -2.32. The maximum Gasteiger partial charge on any atom is 0.480 e. The fourth-order valence-corrected chi connectivity index (χ4v) is 2.61. The molecule has 1 aliphatic rings. The van der Waals surface area contributed by atoms with Crippen molar-refractivity contribution >= 4 is 23.0 Å². The highest BCUT2D eigenvalue weighted by Gasteiger charge is 2.53. The Morgan fingerprint density at radius 1 is 1.21 bits per heavy atom. The Hall–Kier alpha value is -0.425. The minimum absolute atomic E-state index is 0.364. The van der Waals surface area contributed by atoms with Crippen molar-refractivity contribution in [1.82, 2.24) is 0 Å². The van der Waals surface area contributed by atoms with Gasteiger partial charge in [0.2, 0.25) is 0 Å². The van der Waals surface area contributed by atoms with Crippen LogP contribution in [0.3, 0.4) is 0 Å². The van der Waals surface area contributed by atoms with Gasteiger partial charge in [-0.05, 0) is 39.8 Å². The van der Waals surface area contributed by atoms with Crippen LogP contribution in [-0.4, -0.2) is 18.3 Å². The predicted octanol–water partition coefficient (Wildman–Crippen LogP) is 3.22. The molecule has 104 valence electrons. The number of rotatable bonds is 2. The van der Waals surface area contributed by atoms with Crippen LogP contribution in [0, 0.1) is 5.82 Å². The van der Waals surface area contributed by atoms with E-state index < -0.39 is 24.3 Å². The van der Waals surface area contributed by atoms with Crippen LogP contribution in [0.5, 0.6) is 0 Å². The van der Waals surface area contributed by atoms with Gasteiger partial charge in [0, 0.05) is 10.0 Å². The summed E-state index contributed by atoms with van der Waals surface area (Å²) in [5, 5.41) is 0. The van der Waals surface area contributed by atoms with E-state index in [1.165, 1.54) is 6.07 Å². The number of halogens is 2. The first-order valence-corrected chi connectivity index (χ1v) is 7.00. The van der Waals surface area contributed by atoms with Crippen molar-refractivity contribution in [2.45, 2.75) is 44.8 Å². The smallest absolute Gasteiger partial charge is 0.402 e. The van der Waals surface area contributed by atoms with Gasteiger partial charge in [-0.15, -0.1) is 0 Å². The first kappa shape index (κ1) is 15.0. The molecule has 0 spiro atoms. The zero-order chi connectivity index (χ0) is 14.4. The summed E-state index contributed by atoms with van der Waals surface area (Å²) >= 11 is 3.32. The molecule has 3 nitrogen and oxygen atoms in total. The van der Waals surface area contributed by atoms with E-state index in [1.807, 2.05) is 27.7 Å². The zero-order valence-corrected chi connectivity index (χ0v) is 13.1. The van der Waals surface area contributed by atoms with Gasteiger partial charge in [-0.2, -0.15) is 0 Å². The molecule has 6 heteroatoms. The number of nitrogens with two attached hydrogens (primary N) is 1. The summed E-state index contributed by atoms with van der Waals surface area (Å²) < 4.78 is 26.2. The van der Waals surface area contributed by atoms with Crippen molar-refractivity contribution in [2.75, 3.05) is 0 Å².